The van der Waals surface area contributed by atoms with Gasteiger partial charge in [-0.2, -0.15) is 0 Å². The monoisotopic (exact) mass is 257 g/mol. The van der Waals surface area contributed by atoms with Gasteiger partial charge in [0.15, 0.2) is 0 Å². The van der Waals surface area contributed by atoms with Crippen LogP contribution < -0.4 is 5.32 Å². The van der Waals surface area contributed by atoms with E-state index in [2.05, 4.69) is 12.2 Å². The maximum Gasteiger partial charge on any atom is 0.00286 e. The van der Waals surface area contributed by atoms with Gasteiger partial charge >= 0.3 is 0 Å². The van der Waals surface area contributed by atoms with Crippen LogP contribution in [0.1, 0.15) is 77.6 Å². The summed E-state index contributed by atoms with van der Waals surface area (Å²) in [6, 6.07) is 1.45. The van der Waals surface area contributed by atoms with Gasteiger partial charge < -0.3 is 5.32 Å². The van der Waals surface area contributed by atoms with Gasteiger partial charge in [-0.25, -0.2) is 0 Å². The molecule has 0 saturated carbocycles. The first-order valence-electron chi connectivity index (χ1n) is 8.12. The summed E-state index contributed by atoms with van der Waals surface area (Å²) in [5.41, 5.74) is 0. The molecule has 0 rings (SSSR count). The van der Waals surface area contributed by atoms with Crippen molar-refractivity contribution in [2.24, 2.45) is 0 Å². The van der Waals surface area contributed by atoms with Gasteiger partial charge in [-0.1, -0.05) is 70.8 Å². The van der Waals surface area contributed by atoms with Crippen LogP contribution in [-0.2, 0) is 0 Å². The Morgan fingerprint density at radius 3 is 1.65 bits per heavy atom. The zero-order valence-corrected chi connectivity index (χ0v) is 14.4. The molecule has 0 unspecified atom stereocenters. The van der Waals surface area contributed by atoms with Crippen LogP contribution in [0, 0.1) is 0 Å². The molecule has 1 N–H and O–H groups in total. The van der Waals surface area contributed by atoms with E-state index < -0.39 is 0 Å². The molecule has 2 heteroatoms. The summed E-state index contributed by atoms with van der Waals surface area (Å²) >= 11 is 0. The van der Waals surface area contributed by atoms with E-state index in [1.165, 1.54) is 100 Å². The normalized spacial score (nSPS) is 11.1. The number of unbranched alkanes of at least 4 members (excludes halogenated alkanes) is 9. The van der Waals surface area contributed by atoms with E-state index in [1.807, 2.05) is 0 Å². The Kier molecular flexibility index (Phi) is 16.3. The molecule has 0 heterocycles. The van der Waals surface area contributed by atoms with Crippen LogP contribution in [0.2, 0.25) is 6.04 Å². The van der Waals surface area contributed by atoms with Crippen molar-refractivity contribution in [3.63, 3.8) is 0 Å². The molecule has 0 amide bonds. The molecule has 0 aliphatic heterocycles. The Labute approximate surface area is 113 Å². The van der Waals surface area contributed by atoms with Gasteiger partial charge in [0.1, 0.15) is 0 Å². The van der Waals surface area contributed by atoms with Crippen molar-refractivity contribution in [1.82, 2.24) is 5.32 Å². The molecule has 0 radical (unpaired) electrons. The third kappa shape index (κ3) is 16.2. The molecule has 0 aliphatic rings. The second-order valence-electron chi connectivity index (χ2n) is 5.29. The second-order valence-corrected chi connectivity index (χ2v) is 6.29. The molecule has 0 fully saturated rings. The molecule has 0 aliphatic carbocycles. The quantitative estimate of drug-likeness (QED) is 0.370. The van der Waals surface area contributed by atoms with E-state index in [1.54, 1.807) is 0 Å². The van der Waals surface area contributed by atoms with Crippen molar-refractivity contribution in [2.45, 2.75) is 83.6 Å². The molecule has 1 nitrogen and oxygen atoms in total. The van der Waals surface area contributed by atoms with Gasteiger partial charge in [0.2, 0.25) is 0 Å². The van der Waals surface area contributed by atoms with Crippen LogP contribution in [0.15, 0.2) is 0 Å². The topological polar surface area (TPSA) is 12.0 Å². The average molecular weight is 258 g/mol. The Morgan fingerprint density at radius 2 is 1.12 bits per heavy atom. The van der Waals surface area contributed by atoms with Crippen LogP contribution >= 0.6 is 0 Å². The minimum absolute atomic E-state index is 1.25. The summed E-state index contributed by atoms with van der Waals surface area (Å²) in [7, 11) is 1.37. The molecule has 0 bridgehead atoms. The summed E-state index contributed by atoms with van der Waals surface area (Å²) in [6.07, 6.45) is 15.8. The van der Waals surface area contributed by atoms with E-state index in [0.29, 0.717) is 0 Å². The van der Waals surface area contributed by atoms with Crippen LogP contribution in [-0.4, -0.2) is 23.3 Å². The van der Waals surface area contributed by atoms with Crippen LogP contribution in [0.25, 0.3) is 0 Å². The summed E-state index contributed by atoms with van der Waals surface area (Å²) in [5.74, 6) is 0. The molecule has 0 atom stereocenters. The number of nitrogens with one attached hydrogen (secondary N) is 1. The largest absolute Gasteiger partial charge is 0.317 e. The molecule has 0 aromatic rings. The van der Waals surface area contributed by atoms with Gasteiger partial charge in [-0.3, -0.25) is 0 Å². The summed E-state index contributed by atoms with van der Waals surface area (Å²) in [4.78, 5) is 0. The fourth-order valence-electron chi connectivity index (χ4n) is 2.16. The lowest BCUT2D eigenvalue weighted by Gasteiger charge is -2.04. The maximum absolute atomic E-state index is 3.53. The lowest BCUT2D eigenvalue weighted by Crippen LogP contribution is -2.16. The molecular formula is C15H35NSi. The van der Waals surface area contributed by atoms with Gasteiger partial charge in [-0.05, 0) is 25.9 Å². The molecule has 0 saturated heterocycles. The van der Waals surface area contributed by atoms with E-state index >= 15 is 0 Å². The third-order valence-corrected chi connectivity index (χ3v) is 4.12. The fourth-order valence-corrected chi connectivity index (χ4v) is 2.52. The predicted molar refractivity (Wildman–Crippen MR) is 84.1 cm³/mol. The average Bonchev–Trinajstić information content (AvgIpc) is 2.35. The standard InChI is InChI=1S/C15H35NSi/c1-2-3-4-5-6-7-8-9-10-11-13-16-14-12-15-17/h16H,2-15H2,1,17H3. The highest BCUT2D eigenvalue weighted by Gasteiger charge is 1.92. The number of hydrogen-bond acceptors (Lipinski definition) is 1. The molecule has 104 valence electrons. The molecule has 0 aromatic heterocycles. The van der Waals surface area contributed by atoms with Gasteiger partial charge in [0, 0.05) is 10.2 Å². The molecule has 0 aromatic carbocycles. The number of rotatable bonds is 14. The first-order valence-corrected chi connectivity index (χ1v) is 9.54. The zero-order valence-electron chi connectivity index (χ0n) is 12.4. The van der Waals surface area contributed by atoms with Crippen molar-refractivity contribution in [3.05, 3.63) is 0 Å². The first kappa shape index (κ1) is 17.2. The highest BCUT2D eigenvalue weighted by Crippen LogP contribution is 2.10. The summed E-state index contributed by atoms with van der Waals surface area (Å²) in [5, 5.41) is 3.53. The number of hydrogen-bond donors (Lipinski definition) is 1. The lowest BCUT2D eigenvalue weighted by atomic mass is 10.1. The summed E-state index contributed by atoms with van der Waals surface area (Å²) in [6.45, 7) is 4.79. The van der Waals surface area contributed by atoms with Crippen molar-refractivity contribution in [3.8, 4) is 0 Å². The zero-order chi connectivity index (χ0) is 12.6. The smallest absolute Gasteiger partial charge is 0.00286 e. The van der Waals surface area contributed by atoms with Crippen molar-refractivity contribution < 1.29 is 0 Å². The fraction of sp³-hybridized carbons (Fsp3) is 1.00. The van der Waals surface area contributed by atoms with E-state index in [4.69, 9.17) is 0 Å². The van der Waals surface area contributed by atoms with Gasteiger partial charge in [0.05, 0.1) is 0 Å². The first-order chi connectivity index (χ1) is 8.41. The minimum Gasteiger partial charge on any atom is -0.317 e. The Balaban J connectivity index is 2.85. The highest BCUT2D eigenvalue weighted by molar-refractivity contribution is 6.08. The van der Waals surface area contributed by atoms with Crippen LogP contribution in [0.4, 0.5) is 0 Å². The van der Waals surface area contributed by atoms with Crippen LogP contribution in [0.3, 0.4) is 0 Å². The minimum atomic E-state index is 1.25. The van der Waals surface area contributed by atoms with Crippen molar-refractivity contribution in [1.29, 1.82) is 0 Å². The molecule has 17 heavy (non-hydrogen) atoms. The summed E-state index contributed by atoms with van der Waals surface area (Å²) < 4.78 is 0. The lowest BCUT2D eigenvalue weighted by molar-refractivity contribution is 0.543. The Bertz CT molecular complexity index is 114. The van der Waals surface area contributed by atoms with E-state index in [-0.39, 0.29) is 0 Å². The van der Waals surface area contributed by atoms with E-state index in [9.17, 15) is 0 Å². The molecule has 0 spiro atoms. The SMILES string of the molecule is CCCCCCCCCCCCNCCC[SiH3]. The Morgan fingerprint density at radius 1 is 0.647 bits per heavy atom. The van der Waals surface area contributed by atoms with Crippen molar-refractivity contribution >= 4 is 10.2 Å². The van der Waals surface area contributed by atoms with Crippen LogP contribution in [0.5, 0.6) is 0 Å². The third-order valence-electron chi connectivity index (χ3n) is 3.41. The highest BCUT2D eigenvalue weighted by atomic mass is 28.1. The van der Waals surface area contributed by atoms with Crippen molar-refractivity contribution in [2.75, 3.05) is 13.1 Å². The Hall–Kier alpha value is 0.177. The van der Waals surface area contributed by atoms with Gasteiger partial charge in [-0.15, -0.1) is 0 Å². The second kappa shape index (κ2) is 16.2. The van der Waals surface area contributed by atoms with E-state index in [0.717, 1.165) is 0 Å². The molecular weight excluding hydrogens is 222 g/mol. The predicted octanol–water partition coefficient (Wildman–Crippen LogP) is 3.67. The van der Waals surface area contributed by atoms with Gasteiger partial charge in [0.25, 0.3) is 0 Å². The maximum atomic E-state index is 3.53.